The molecule has 1 atom stereocenters. The fourth-order valence-electron chi connectivity index (χ4n) is 2.32. The molecule has 0 aliphatic carbocycles. The molecule has 0 saturated carbocycles. The Balaban J connectivity index is 0.00000161. The van der Waals surface area contributed by atoms with Crippen LogP contribution < -0.4 is 5.32 Å². The largest absolute Gasteiger partial charge is 0.294 e. The lowest BCUT2D eigenvalue weighted by Gasteiger charge is -2.32. The standard InChI is InChI=1S/C16H15N3O.BrH/c1-16(13-7-9-17-10-8-13)15(20)19-14(11-18-16)12-5-3-2-4-6-12;/h2-10,18H,11H2,1H3;1H. The first-order valence-electron chi connectivity index (χ1n) is 6.53. The van der Waals surface area contributed by atoms with Crippen molar-refractivity contribution in [1.82, 2.24) is 10.3 Å². The number of pyridine rings is 1. The van der Waals surface area contributed by atoms with Crippen LogP contribution in [-0.2, 0) is 10.3 Å². The number of benzene rings is 1. The van der Waals surface area contributed by atoms with Gasteiger partial charge >= 0.3 is 0 Å². The highest BCUT2D eigenvalue weighted by molar-refractivity contribution is 8.93. The smallest absolute Gasteiger partial charge is 0.270 e. The second-order valence-corrected chi connectivity index (χ2v) is 4.94. The van der Waals surface area contributed by atoms with Crippen molar-refractivity contribution in [3.8, 4) is 0 Å². The third kappa shape index (κ3) is 2.94. The Kier molecular flexibility index (Phi) is 4.65. The molecule has 2 aromatic rings. The molecule has 1 unspecified atom stereocenters. The Labute approximate surface area is 134 Å². The summed E-state index contributed by atoms with van der Waals surface area (Å²) in [5.74, 6) is -0.172. The maximum atomic E-state index is 12.4. The zero-order valence-electron chi connectivity index (χ0n) is 11.6. The van der Waals surface area contributed by atoms with Crippen molar-refractivity contribution in [2.45, 2.75) is 12.5 Å². The molecule has 1 aliphatic rings. The Morgan fingerprint density at radius 1 is 1.10 bits per heavy atom. The van der Waals surface area contributed by atoms with Gasteiger partial charge in [0.25, 0.3) is 5.91 Å². The highest BCUT2D eigenvalue weighted by atomic mass is 79.9. The van der Waals surface area contributed by atoms with Crippen molar-refractivity contribution < 1.29 is 4.79 Å². The van der Waals surface area contributed by atoms with Crippen LogP contribution in [-0.4, -0.2) is 23.1 Å². The fourth-order valence-corrected chi connectivity index (χ4v) is 2.32. The van der Waals surface area contributed by atoms with Gasteiger partial charge in [0.1, 0.15) is 5.54 Å². The maximum absolute atomic E-state index is 12.4. The predicted molar refractivity (Wildman–Crippen MR) is 87.9 cm³/mol. The summed E-state index contributed by atoms with van der Waals surface area (Å²) in [6.45, 7) is 2.42. The Morgan fingerprint density at radius 3 is 2.38 bits per heavy atom. The second-order valence-electron chi connectivity index (χ2n) is 4.94. The van der Waals surface area contributed by atoms with E-state index >= 15 is 0 Å². The minimum atomic E-state index is -0.777. The average Bonchev–Trinajstić information content (AvgIpc) is 2.52. The molecule has 1 aliphatic heterocycles. The minimum Gasteiger partial charge on any atom is -0.294 e. The molecular weight excluding hydrogens is 330 g/mol. The molecule has 1 aromatic heterocycles. The lowest BCUT2D eigenvalue weighted by Crippen LogP contribution is -2.51. The molecular formula is C16H16BrN3O. The van der Waals surface area contributed by atoms with Crippen LogP contribution in [0, 0.1) is 0 Å². The van der Waals surface area contributed by atoms with Gasteiger partial charge in [-0.3, -0.25) is 15.1 Å². The molecule has 0 bridgehead atoms. The van der Waals surface area contributed by atoms with E-state index in [9.17, 15) is 4.79 Å². The van der Waals surface area contributed by atoms with Gasteiger partial charge < -0.3 is 0 Å². The van der Waals surface area contributed by atoms with Crippen molar-refractivity contribution in [2.24, 2.45) is 4.99 Å². The second kappa shape index (κ2) is 6.28. The van der Waals surface area contributed by atoms with E-state index in [1.54, 1.807) is 12.4 Å². The van der Waals surface area contributed by atoms with Crippen LogP contribution in [0.3, 0.4) is 0 Å². The molecule has 21 heavy (non-hydrogen) atoms. The molecule has 1 aromatic carbocycles. The summed E-state index contributed by atoms with van der Waals surface area (Å²) in [5, 5.41) is 3.30. The van der Waals surface area contributed by atoms with Crippen LogP contribution in [0.2, 0.25) is 0 Å². The Hall–Kier alpha value is -1.85. The lowest BCUT2D eigenvalue weighted by molar-refractivity contribution is -0.124. The number of carbonyl (C=O) groups is 1. The van der Waals surface area contributed by atoms with Crippen molar-refractivity contribution in [3.05, 3.63) is 66.0 Å². The van der Waals surface area contributed by atoms with Gasteiger partial charge in [-0.05, 0) is 30.2 Å². The first-order chi connectivity index (χ1) is 9.70. The molecule has 2 heterocycles. The Bertz CT molecular complexity index is 658. The van der Waals surface area contributed by atoms with E-state index in [-0.39, 0.29) is 22.9 Å². The zero-order chi connectivity index (χ0) is 14.0. The first kappa shape index (κ1) is 15.5. The van der Waals surface area contributed by atoms with Gasteiger partial charge in [-0.1, -0.05) is 30.3 Å². The Morgan fingerprint density at radius 2 is 1.76 bits per heavy atom. The average molecular weight is 346 g/mol. The number of carbonyl (C=O) groups excluding carboxylic acids is 1. The number of aliphatic imine (C=N–C) groups is 1. The van der Waals surface area contributed by atoms with E-state index in [1.165, 1.54) is 0 Å². The molecule has 108 valence electrons. The van der Waals surface area contributed by atoms with Gasteiger partial charge in [0.05, 0.1) is 5.71 Å². The number of halogens is 1. The van der Waals surface area contributed by atoms with Crippen molar-refractivity contribution in [3.63, 3.8) is 0 Å². The number of aromatic nitrogens is 1. The molecule has 0 fully saturated rings. The van der Waals surface area contributed by atoms with E-state index in [0.717, 1.165) is 16.8 Å². The van der Waals surface area contributed by atoms with E-state index in [0.29, 0.717) is 6.54 Å². The summed E-state index contributed by atoms with van der Waals surface area (Å²) in [7, 11) is 0. The number of nitrogens with zero attached hydrogens (tertiary/aromatic N) is 2. The van der Waals surface area contributed by atoms with Gasteiger partial charge in [-0.25, -0.2) is 4.99 Å². The molecule has 0 saturated heterocycles. The zero-order valence-corrected chi connectivity index (χ0v) is 13.3. The minimum absolute atomic E-state index is 0. The van der Waals surface area contributed by atoms with Crippen LogP contribution in [0.25, 0.3) is 0 Å². The van der Waals surface area contributed by atoms with Gasteiger partial charge in [-0.2, -0.15) is 0 Å². The molecule has 1 amide bonds. The van der Waals surface area contributed by atoms with Gasteiger partial charge in [0, 0.05) is 18.9 Å². The van der Waals surface area contributed by atoms with Gasteiger partial charge in [-0.15, -0.1) is 17.0 Å². The van der Waals surface area contributed by atoms with Gasteiger partial charge in [0.15, 0.2) is 0 Å². The van der Waals surface area contributed by atoms with Gasteiger partial charge in [0.2, 0.25) is 0 Å². The van der Waals surface area contributed by atoms with Crippen LogP contribution in [0.4, 0.5) is 0 Å². The van der Waals surface area contributed by atoms with Crippen molar-refractivity contribution >= 4 is 28.6 Å². The summed E-state index contributed by atoms with van der Waals surface area (Å²) in [6, 6.07) is 13.4. The lowest BCUT2D eigenvalue weighted by atomic mass is 9.89. The van der Waals surface area contributed by atoms with E-state index < -0.39 is 5.54 Å². The summed E-state index contributed by atoms with van der Waals surface area (Å²) < 4.78 is 0. The highest BCUT2D eigenvalue weighted by Gasteiger charge is 2.38. The fraction of sp³-hybridized carbons (Fsp3) is 0.188. The number of rotatable bonds is 2. The number of hydrogen-bond donors (Lipinski definition) is 1. The molecule has 1 N–H and O–H groups in total. The summed E-state index contributed by atoms with van der Waals surface area (Å²) in [5.41, 5.74) is 1.86. The van der Waals surface area contributed by atoms with Crippen molar-refractivity contribution in [2.75, 3.05) is 6.54 Å². The predicted octanol–water partition coefficient (Wildman–Crippen LogP) is 2.49. The van der Waals surface area contributed by atoms with E-state index in [1.807, 2.05) is 49.4 Å². The SMILES string of the molecule is Br.CC1(c2ccncc2)NCC(c2ccccc2)=NC1=O. The number of hydrogen-bond acceptors (Lipinski definition) is 3. The molecule has 0 radical (unpaired) electrons. The normalized spacial score (nSPS) is 21.4. The summed E-state index contributed by atoms with van der Waals surface area (Å²) in [6.07, 6.45) is 3.37. The molecule has 4 nitrogen and oxygen atoms in total. The van der Waals surface area contributed by atoms with Crippen LogP contribution in [0.1, 0.15) is 18.1 Å². The molecule has 5 heteroatoms. The summed E-state index contributed by atoms with van der Waals surface area (Å²) >= 11 is 0. The van der Waals surface area contributed by atoms with Crippen molar-refractivity contribution in [1.29, 1.82) is 0 Å². The highest BCUT2D eigenvalue weighted by Crippen LogP contribution is 2.24. The number of amides is 1. The number of nitrogens with one attached hydrogen (secondary N) is 1. The maximum Gasteiger partial charge on any atom is 0.270 e. The van der Waals surface area contributed by atoms with Crippen LogP contribution in [0.5, 0.6) is 0 Å². The third-order valence-electron chi connectivity index (χ3n) is 3.64. The van der Waals surface area contributed by atoms with Crippen LogP contribution in [0.15, 0.2) is 59.9 Å². The monoisotopic (exact) mass is 345 g/mol. The summed E-state index contributed by atoms with van der Waals surface area (Å²) in [4.78, 5) is 20.7. The van der Waals surface area contributed by atoms with Crippen LogP contribution >= 0.6 is 17.0 Å². The quantitative estimate of drug-likeness (QED) is 0.909. The van der Waals surface area contributed by atoms with E-state index in [2.05, 4.69) is 15.3 Å². The third-order valence-corrected chi connectivity index (χ3v) is 3.64. The molecule has 0 spiro atoms. The molecule has 3 rings (SSSR count). The topological polar surface area (TPSA) is 54.4 Å². The van der Waals surface area contributed by atoms with E-state index in [4.69, 9.17) is 0 Å². The first-order valence-corrected chi connectivity index (χ1v) is 6.53.